The van der Waals surface area contributed by atoms with E-state index in [2.05, 4.69) is 53.1 Å². The van der Waals surface area contributed by atoms with Gasteiger partial charge in [0.2, 0.25) is 0 Å². The van der Waals surface area contributed by atoms with E-state index in [1.54, 1.807) is 0 Å². The molecule has 120 valence electrons. The Balaban J connectivity index is 0.000000486. The van der Waals surface area contributed by atoms with Crippen molar-refractivity contribution in [3.05, 3.63) is 24.5 Å². The molecule has 0 bridgehead atoms. The minimum atomic E-state index is -5.19. The molecule has 0 aliphatic rings. The first kappa shape index (κ1) is 19.9. The molecule has 0 saturated carbocycles. The van der Waals surface area contributed by atoms with Gasteiger partial charge in [-0.15, -0.1) is 0 Å². The number of anilines is 1. The number of halogens is 3. The molecule has 0 aliphatic carbocycles. The Labute approximate surface area is 132 Å². The predicted octanol–water partition coefficient (Wildman–Crippen LogP) is 0.476. The van der Waals surface area contributed by atoms with Crippen LogP contribution in [0.1, 0.15) is 0 Å². The summed E-state index contributed by atoms with van der Waals surface area (Å²) in [6, 6.07) is 4.17. The number of carbonyl (C=O) groups is 1. The molecule has 0 N–H and O–H groups in total. The van der Waals surface area contributed by atoms with Crippen molar-refractivity contribution >= 4 is 36.9 Å². The van der Waals surface area contributed by atoms with Crippen LogP contribution in [0.5, 0.6) is 0 Å². The SMILES string of the molecule is C[n+]1cccc(N(CCS)CCS)c1.O=C([O-])C(F)(F)F. The van der Waals surface area contributed by atoms with E-state index in [0.29, 0.717) is 0 Å². The third kappa shape index (κ3) is 8.71. The first-order valence-electron chi connectivity index (χ1n) is 5.92. The highest BCUT2D eigenvalue weighted by atomic mass is 32.1. The molecule has 0 unspecified atom stereocenters. The van der Waals surface area contributed by atoms with Crippen molar-refractivity contribution in [3.8, 4) is 0 Å². The van der Waals surface area contributed by atoms with E-state index >= 15 is 0 Å². The monoisotopic (exact) mass is 342 g/mol. The highest BCUT2D eigenvalue weighted by molar-refractivity contribution is 7.80. The average Bonchev–Trinajstić information content (AvgIpc) is 2.38. The van der Waals surface area contributed by atoms with Crippen LogP contribution < -0.4 is 14.6 Å². The lowest BCUT2D eigenvalue weighted by Crippen LogP contribution is -2.37. The van der Waals surface area contributed by atoms with Gasteiger partial charge in [-0.2, -0.15) is 38.4 Å². The van der Waals surface area contributed by atoms with Gasteiger partial charge < -0.3 is 14.8 Å². The summed E-state index contributed by atoms with van der Waals surface area (Å²) in [5.41, 5.74) is 1.23. The van der Waals surface area contributed by atoms with Crippen LogP contribution >= 0.6 is 25.3 Å². The van der Waals surface area contributed by atoms with Crippen LogP contribution in [0.2, 0.25) is 0 Å². The first-order valence-corrected chi connectivity index (χ1v) is 7.19. The Morgan fingerprint density at radius 3 is 2.14 bits per heavy atom. The standard InChI is InChI=1S/C10H16N2S2.C2HF3O2/c1-11-4-2-3-10(9-11)12(5-7-13)6-8-14;3-2(4,5)1(6)7/h2-4,9H,5-8H2,1H3,(H-,13,14);(H,6,7). The third-order valence-electron chi connectivity index (χ3n) is 2.26. The van der Waals surface area contributed by atoms with E-state index in [1.807, 2.05) is 13.2 Å². The maximum atomic E-state index is 10.5. The fraction of sp³-hybridized carbons (Fsp3) is 0.500. The van der Waals surface area contributed by atoms with Crippen LogP contribution in [0.3, 0.4) is 0 Å². The van der Waals surface area contributed by atoms with Gasteiger partial charge in [0.05, 0.1) is 0 Å². The molecule has 0 fully saturated rings. The molecule has 0 spiro atoms. The number of aromatic nitrogens is 1. The Hall–Kier alpha value is -1.09. The molecule has 1 aromatic heterocycles. The summed E-state index contributed by atoms with van der Waals surface area (Å²) in [7, 11) is 2.03. The molecule has 21 heavy (non-hydrogen) atoms. The summed E-state index contributed by atoms with van der Waals surface area (Å²) < 4.78 is 33.6. The van der Waals surface area contributed by atoms with E-state index in [4.69, 9.17) is 9.90 Å². The summed E-state index contributed by atoms with van der Waals surface area (Å²) in [6.45, 7) is 1.93. The number of hydrogen-bond donors (Lipinski definition) is 2. The zero-order valence-corrected chi connectivity index (χ0v) is 13.2. The van der Waals surface area contributed by atoms with Crippen molar-refractivity contribution in [2.75, 3.05) is 29.5 Å². The van der Waals surface area contributed by atoms with Gasteiger partial charge in [0, 0.05) is 30.7 Å². The van der Waals surface area contributed by atoms with Gasteiger partial charge in [-0.1, -0.05) is 0 Å². The smallest absolute Gasteiger partial charge is 0.430 e. The Bertz CT molecular complexity index is 439. The lowest BCUT2D eigenvalue weighted by molar-refractivity contribution is -0.670. The molecule has 0 aromatic carbocycles. The fourth-order valence-electron chi connectivity index (χ4n) is 1.37. The minimum absolute atomic E-state index is 0.867. The summed E-state index contributed by atoms with van der Waals surface area (Å²) in [5, 5.41) is 8.78. The van der Waals surface area contributed by atoms with Gasteiger partial charge in [0.1, 0.15) is 18.7 Å². The van der Waals surface area contributed by atoms with Crippen molar-refractivity contribution in [3.63, 3.8) is 0 Å². The van der Waals surface area contributed by atoms with E-state index in [-0.39, 0.29) is 0 Å². The summed E-state index contributed by atoms with van der Waals surface area (Å²) in [4.78, 5) is 11.1. The second kappa shape index (κ2) is 9.78. The number of thiol groups is 2. The number of hydrogen-bond acceptors (Lipinski definition) is 5. The molecule has 0 atom stereocenters. The van der Waals surface area contributed by atoms with Crippen LogP contribution in [0.15, 0.2) is 24.5 Å². The molecule has 0 saturated heterocycles. The van der Waals surface area contributed by atoms with Crippen LogP contribution in [0, 0.1) is 0 Å². The summed E-state index contributed by atoms with van der Waals surface area (Å²) >= 11 is 8.51. The van der Waals surface area contributed by atoms with Gasteiger partial charge in [-0.3, -0.25) is 0 Å². The number of rotatable bonds is 5. The van der Waals surface area contributed by atoms with E-state index < -0.39 is 12.1 Å². The van der Waals surface area contributed by atoms with Crippen molar-refractivity contribution in [1.82, 2.24) is 0 Å². The lowest BCUT2D eigenvalue weighted by atomic mass is 10.3. The summed E-state index contributed by atoms with van der Waals surface area (Å²) in [6.07, 6.45) is -1.05. The van der Waals surface area contributed by atoms with E-state index in [1.165, 1.54) is 5.69 Å². The number of carboxylic acids is 1. The maximum absolute atomic E-state index is 10.5. The highest BCUT2D eigenvalue weighted by Crippen LogP contribution is 2.11. The number of aliphatic carboxylic acids is 1. The lowest BCUT2D eigenvalue weighted by Gasteiger charge is -2.21. The number of aryl methyl sites for hydroxylation is 1. The van der Waals surface area contributed by atoms with Gasteiger partial charge in [-0.05, 0) is 6.07 Å². The molecule has 1 heterocycles. The quantitative estimate of drug-likeness (QED) is 0.604. The average molecular weight is 342 g/mol. The molecular formula is C12H17F3N2O2S2. The number of nitrogens with zero attached hydrogens (tertiary/aromatic N) is 2. The molecular weight excluding hydrogens is 325 g/mol. The van der Waals surface area contributed by atoms with Crippen molar-refractivity contribution in [1.29, 1.82) is 0 Å². The second-order valence-corrected chi connectivity index (χ2v) is 4.84. The highest BCUT2D eigenvalue weighted by Gasteiger charge is 2.28. The van der Waals surface area contributed by atoms with Crippen LogP contribution in [0.25, 0.3) is 0 Å². The maximum Gasteiger partial charge on any atom is 0.430 e. The molecule has 1 rings (SSSR count). The molecule has 4 nitrogen and oxygen atoms in total. The molecule has 0 aliphatic heterocycles. The van der Waals surface area contributed by atoms with Crippen molar-refractivity contribution in [2.24, 2.45) is 7.05 Å². The number of alkyl halides is 3. The Morgan fingerprint density at radius 2 is 1.81 bits per heavy atom. The van der Waals surface area contributed by atoms with Crippen molar-refractivity contribution < 1.29 is 27.6 Å². The van der Waals surface area contributed by atoms with Gasteiger partial charge in [0.15, 0.2) is 12.4 Å². The van der Waals surface area contributed by atoms with Crippen molar-refractivity contribution in [2.45, 2.75) is 6.18 Å². The zero-order valence-electron chi connectivity index (χ0n) is 11.4. The molecule has 1 aromatic rings. The van der Waals surface area contributed by atoms with Crippen LogP contribution in [-0.2, 0) is 11.8 Å². The topological polar surface area (TPSA) is 47.2 Å². The predicted molar refractivity (Wildman–Crippen MR) is 78.6 cm³/mol. The molecule has 0 radical (unpaired) electrons. The largest absolute Gasteiger partial charge is 0.542 e. The van der Waals surface area contributed by atoms with Crippen LogP contribution in [0.4, 0.5) is 18.9 Å². The number of pyridine rings is 1. The fourth-order valence-corrected chi connectivity index (χ4v) is 1.85. The Morgan fingerprint density at radius 1 is 1.33 bits per heavy atom. The number of carboxylic acid groups (broad SMARTS) is 1. The van der Waals surface area contributed by atoms with Gasteiger partial charge in [-0.25, -0.2) is 4.57 Å². The second-order valence-electron chi connectivity index (χ2n) is 3.95. The summed E-state index contributed by atoms with van der Waals surface area (Å²) in [5.74, 6) is -1.27. The van der Waals surface area contributed by atoms with Gasteiger partial charge >= 0.3 is 6.18 Å². The van der Waals surface area contributed by atoms with E-state index in [0.717, 1.165) is 24.6 Å². The van der Waals surface area contributed by atoms with E-state index in [9.17, 15) is 13.2 Å². The Kier molecular flexibility index (Phi) is 9.27. The normalized spacial score (nSPS) is 10.6. The van der Waals surface area contributed by atoms with Crippen LogP contribution in [-0.4, -0.2) is 36.7 Å². The first-order chi connectivity index (χ1) is 9.72. The molecule has 0 amide bonds. The van der Waals surface area contributed by atoms with Gasteiger partial charge in [0.25, 0.3) is 0 Å². The molecule has 9 heteroatoms. The number of carbonyl (C=O) groups excluding carboxylic acids is 1. The zero-order chi connectivity index (χ0) is 16.5. The third-order valence-corrected chi connectivity index (χ3v) is 2.66. The minimum Gasteiger partial charge on any atom is -0.542 e.